The fraction of sp³-hybridized carbons (Fsp3) is 0.524. The number of aromatic nitrogens is 3. The fourth-order valence-electron chi connectivity index (χ4n) is 3.61. The summed E-state index contributed by atoms with van der Waals surface area (Å²) in [7, 11) is 1.85. The molecule has 0 bridgehead atoms. The average molecular weight is 416 g/mol. The van der Waals surface area contributed by atoms with Gasteiger partial charge in [-0.25, -0.2) is 0 Å². The van der Waals surface area contributed by atoms with E-state index in [-0.39, 0.29) is 17.9 Å². The van der Waals surface area contributed by atoms with Crippen molar-refractivity contribution < 1.29 is 9.59 Å². The summed E-state index contributed by atoms with van der Waals surface area (Å²) in [6.45, 7) is 3.83. The summed E-state index contributed by atoms with van der Waals surface area (Å²) in [6, 6.07) is 7.47. The molecule has 0 saturated heterocycles. The van der Waals surface area contributed by atoms with Crippen molar-refractivity contribution in [3.63, 3.8) is 0 Å². The highest BCUT2D eigenvalue weighted by Gasteiger charge is 2.20. The first-order valence-corrected chi connectivity index (χ1v) is 11.1. The van der Waals surface area contributed by atoms with E-state index in [4.69, 9.17) is 0 Å². The van der Waals surface area contributed by atoms with E-state index < -0.39 is 0 Å². The zero-order valence-electron chi connectivity index (χ0n) is 17.3. The van der Waals surface area contributed by atoms with Crippen LogP contribution in [-0.4, -0.2) is 38.4 Å². The maximum atomic E-state index is 12.5. The number of carbonyl (C=O) groups excluding carboxylic acids is 2. The van der Waals surface area contributed by atoms with E-state index in [1.807, 2.05) is 43.7 Å². The van der Waals surface area contributed by atoms with Crippen molar-refractivity contribution >= 4 is 23.6 Å². The Balaban J connectivity index is 1.54. The molecular formula is C21H29N5O2S. The molecule has 2 N–H and O–H groups in total. The molecule has 3 rings (SSSR count). The number of rotatable bonds is 7. The minimum atomic E-state index is -0.300. The van der Waals surface area contributed by atoms with Gasteiger partial charge in [0.05, 0.1) is 11.8 Å². The van der Waals surface area contributed by atoms with E-state index in [1.54, 1.807) is 6.07 Å². The molecule has 1 aliphatic rings. The van der Waals surface area contributed by atoms with Gasteiger partial charge in [-0.2, -0.15) is 0 Å². The molecule has 0 spiro atoms. The SMILES string of the molecule is Cc1cccc(C(=O)N[C@H](C)c2nnc(SCC(=O)NC3CCCCC3)n2C)c1. The van der Waals surface area contributed by atoms with Crippen LogP contribution in [0.1, 0.15) is 66.8 Å². The number of carbonyl (C=O) groups is 2. The summed E-state index contributed by atoms with van der Waals surface area (Å²) in [5.41, 5.74) is 1.65. The Hall–Kier alpha value is -2.35. The van der Waals surface area contributed by atoms with Gasteiger partial charge >= 0.3 is 0 Å². The third-order valence-corrected chi connectivity index (χ3v) is 6.21. The molecule has 1 heterocycles. The van der Waals surface area contributed by atoms with Crippen molar-refractivity contribution in [2.45, 2.75) is 63.2 Å². The van der Waals surface area contributed by atoms with Crippen molar-refractivity contribution in [1.29, 1.82) is 0 Å². The molecule has 1 aromatic heterocycles. The topological polar surface area (TPSA) is 88.9 Å². The summed E-state index contributed by atoms with van der Waals surface area (Å²) in [5, 5.41) is 15.2. The van der Waals surface area contributed by atoms with Gasteiger partial charge in [-0.15, -0.1) is 10.2 Å². The van der Waals surface area contributed by atoms with Crippen molar-refractivity contribution in [3.05, 3.63) is 41.2 Å². The van der Waals surface area contributed by atoms with Crippen LogP contribution < -0.4 is 10.6 Å². The third-order valence-electron chi connectivity index (χ3n) is 5.19. The second kappa shape index (κ2) is 9.91. The molecule has 0 radical (unpaired) electrons. The molecule has 29 heavy (non-hydrogen) atoms. The van der Waals surface area contributed by atoms with Crippen LogP contribution in [0.3, 0.4) is 0 Å². The second-order valence-corrected chi connectivity index (χ2v) is 8.60. The molecule has 0 unspecified atom stereocenters. The maximum Gasteiger partial charge on any atom is 0.251 e. The van der Waals surface area contributed by atoms with E-state index >= 15 is 0 Å². The van der Waals surface area contributed by atoms with Crippen molar-refractivity contribution in [2.75, 3.05) is 5.75 Å². The van der Waals surface area contributed by atoms with E-state index in [0.717, 1.165) is 18.4 Å². The molecule has 1 atom stereocenters. The van der Waals surface area contributed by atoms with Crippen LogP contribution in [0.5, 0.6) is 0 Å². The van der Waals surface area contributed by atoms with E-state index in [1.165, 1.54) is 31.0 Å². The van der Waals surface area contributed by atoms with Crippen LogP contribution in [0.25, 0.3) is 0 Å². The van der Waals surface area contributed by atoms with Gasteiger partial charge in [-0.3, -0.25) is 9.59 Å². The van der Waals surface area contributed by atoms with Crippen molar-refractivity contribution in [1.82, 2.24) is 25.4 Å². The first-order chi connectivity index (χ1) is 13.9. The van der Waals surface area contributed by atoms with Gasteiger partial charge in [0.2, 0.25) is 5.91 Å². The minimum Gasteiger partial charge on any atom is -0.353 e. The van der Waals surface area contributed by atoms with Gasteiger partial charge in [-0.1, -0.05) is 48.7 Å². The van der Waals surface area contributed by atoms with Crippen molar-refractivity contribution in [2.24, 2.45) is 7.05 Å². The van der Waals surface area contributed by atoms with Gasteiger partial charge in [0.15, 0.2) is 11.0 Å². The molecule has 1 saturated carbocycles. The highest BCUT2D eigenvalue weighted by atomic mass is 32.2. The minimum absolute atomic E-state index is 0.0345. The Bertz CT molecular complexity index is 861. The lowest BCUT2D eigenvalue weighted by atomic mass is 9.95. The first kappa shape index (κ1) is 21.4. The summed E-state index contributed by atoms with van der Waals surface area (Å²) in [5.74, 6) is 0.852. The van der Waals surface area contributed by atoms with Crippen molar-refractivity contribution in [3.8, 4) is 0 Å². The number of aryl methyl sites for hydroxylation is 1. The molecule has 8 heteroatoms. The Morgan fingerprint density at radius 2 is 2.00 bits per heavy atom. The number of thioether (sulfide) groups is 1. The lowest BCUT2D eigenvalue weighted by molar-refractivity contribution is -0.119. The zero-order valence-corrected chi connectivity index (χ0v) is 18.1. The first-order valence-electron chi connectivity index (χ1n) is 10.1. The third kappa shape index (κ3) is 5.82. The normalized spacial score (nSPS) is 15.7. The van der Waals surface area contributed by atoms with Crippen LogP contribution >= 0.6 is 11.8 Å². The molecular weight excluding hydrogens is 386 g/mol. The molecule has 156 valence electrons. The maximum absolute atomic E-state index is 12.5. The molecule has 2 amide bonds. The number of hydrogen-bond donors (Lipinski definition) is 2. The second-order valence-electron chi connectivity index (χ2n) is 7.66. The predicted molar refractivity (Wildman–Crippen MR) is 114 cm³/mol. The van der Waals surface area contributed by atoms with Gasteiger partial charge in [0.1, 0.15) is 0 Å². The zero-order chi connectivity index (χ0) is 20.8. The van der Waals surface area contributed by atoms with Gasteiger partial charge in [0, 0.05) is 18.7 Å². The van der Waals surface area contributed by atoms with Crippen LogP contribution in [0.4, 0.5) is 0 Å². The van der Waals surface area contributed by atoms with Crippen LogP contribution in [0.2, 0.25) is 0 Å². The molecule has 1 fully saturated rings. The molecule has 1 aliphatic carbocycles. The smallest absolute Gasteiger partial charge is 0.251 e. The summed E-state index contributed by atoms with van der Waals surface area (Å²) in [4.78, 5) is 24.7. The molecule has 7 nitrogen and oxygen atoms in total. The standard InChI is InChI=1S/C21H29N5O2S/c1-14-8-7-9-16(12-14)20(28)22-15(2)19-24-25-21(26(19)3)29-13-18(27)23-17-10-5-4-6-11-17/h7-9,12,15,17H,4-6,10-11,13H2,1-3H3,(H,22,28)(H,23,27)/t15-/m1/s1. The highest BCUT2D eigenvalue weighted by Crippen LogP contribution is 2.21. The summed E-state index contributed by atoms with van der Waals surface area (Å²) < 4.78 is 1.83. The Labute approximate surface area is 176 Å². The Kier molecular flexibility index (Phi) is 7.30. The monoisotopic (exact) mass is 415 g/mol. The number of nitrogens with zero attached hydrogens (tertiary/aromatic N) is 3. The molecule has 0 aliphatic heterocycles. The number of hydrogen-bond acceptors (Lipinski definition) is 5. The summed E-state index contributed by atoms with van der Waals surface area (Å²) in [6.07, 6.45) is 5.79. The molecule has 2 aromatic rings. The predicted octanol–water partition coefficient (Wildman–Crippen LogP) is 3.16. The lowest BCUT2D eigenvalue weighted by Gasteiger charge is -2.22. The largest absolute Gasteiger partial charge is 0.353 e. The van der Waals surface area contributed by atoms with Crippen LogP contribution in [0, 0.1) is 6.92 Å². The van der Waals surface area contributed by atoms with Gasteiger partial charge in [-0.05, 0) is 38.8 Å². The van der Waals surface area contributed by atoms with E-state index in [2.05, 4.69) is 20.8 Å². The summed E-state index contributed by atoms with van der Waals surface area (Å²) >= 11 is 1.36. The fourth-order valence-corrected chi connectivity index (χ4v) is 4.34. The van der Waals surface area contributed by atoms with Gasteiger partial charge < -0.3 is 15.2 Å². The molecule has 1 aromatic carbocycles. The van der Waals surface area contributed by atoms with E-state index in [0.29, 0.717) is 28.3 Å². The van der Waals surface area contributed by atoms with Crippen LogP contribution in [-0.2, 0) is 11.8 Å². The Morgan fingerprint density at radius 1 is 1.24 bits per heavy atom. The van der Waals surface area contributed by atoms with Gasteiger partial charge in [0.25, 0.3) is 5.91 Å². The Morgan fingerprint density at radius 3 is 2.72 bits per heavy atom. The highest BCUT2D eigenvalue weighted by molar-refractivity contribution is 7.99. The quantitative estimate of drug-likeness (QED) is 0.678. The van der Waals surface area contributed by atoms with E-state index in [9.17, 15) is 9.59 Å². The number of nitrogens with one attached hydrogen (secondary N) is 2. The number of amides is 2. The number of benzene rings is 1. The average Bonchev–Trinajstić information content (AvgIpc) is 3.07. The lowest BCUT2D eigenvalue weighted by Crippen LogP contribution is -2.37. The van der Waals surface area contributed by atoms with Crippen LogP contribution in [0.15, 0.2) is 29.4 Å².